The van der Waals surface area contributed by atoms with Crippen molar-refractivity contribution >= 4 is 11.6 Å². The van der Waals surface area contributed by atoms with Crippen LogP contribution in [0.4, 0.5) is 5.69 Å². The molecule has 1 aromatic carbocycles. The third kappa shape index (κ3) is 6.70. The zero-order valence-corrected chi connectivity index (χ0v) is 12.0. The van der Waals surface area contributed by atoms with Crippen molar-refractivity contribution in [3.05, 3.63) is 24.3 Å². The average molecular weight is 264 g/mol. The van der Waals surface area contributed by atoms with Gasteiger partial charge in [-0.25, -0.2) is 0 Å². The summed E-state index contributed by atoms with van der Waals surface area (Å²) >= 11 is 0. The Morgan fingerprint density at radius 3 is 2.84 bits per heavy atom. The van der Waals surface area contributed by atoms with Crippen LogP contribution in [-0.4, -0.2) is 25.6 Å². The van der Waals surface area contributed by atoms with Crippen LogP contribution in [0.3, 0.4) is 0 Å². The molecule has 2 N–H and O–H groups in total. The molecular formula is C15H24N2O2. The maximum Gasteiger partial charge on any atom is 0.239 e. The number of carbonyl (C=O) groups excluding carboxylic acids is 1. The molecule has 0 aliphatic carbocycles. The van der Waals surface area contributed by atoms with E-state index in [1.165, 1.54) is 0 Å². The van der Waals surface area contributed by atoms with Crippen molar-refractivity contribution in [3.8, 4) is 5.75 Å². The smallest absolute Gasteiger partial charge is 0.239 e. The predicted octanol–water partition coefficient (Wildman–Crippen LogP) is 2.66. The molecule has 4 heteroatoms. The number of benzene rings is 1. The van der Waals surface area contributed by atoms with Crippen LogP contribution in [-0.2, 0) is 4.79 Å². The van der Waals surface area contributed by atoms with E-state index in [1.54, 1.807) is 0 Å². The first-order chi connectivity index (χ1) is 9.11. The Bertz CT molecular complexity index is 391. The van der Waals surface area contributed by atoms with E-state index in [0.717, 1.165) is 24.5 Å². The summed E-state index contributed by atoms with van der Waals surface area (Å²) in [5.41, 5.74) is 0.897. The zero-order valence-electron chi connectivity index (χ0n) is 12.0. The third-order valence-corrected chi connectivity index (χ3v) is 2.62. The number of hydrogen-bond donors (Lipinski definition) is 2. The summed E-state index contributed by atoms with van der Waals surface area (Å²) in [7, 11) is 0. The van der Waals surface area contributed by atoms with Crippen LogP contribution >= 0.6 is 0 Å². The SMILES string of the molecule is CCNC(=O)CNc1cccc(OCCC(C)C)c1. The minimum absolute atomic E-state index is 0.00590. The minimum Gasteiger partial charge on any atom is -0.494 e. The maximum absolute atomic E-state index is 11.3. The lowest BCUT2D eigenvalue weighted by Crippen LogP contribution is -2.29. The first-order valence-corrected chi connectivity index (χ1v) is 6.85. The molecule has 19 heavy (non-hydrogen) atoms. The van der Waals surface area contributed by atoms with Gasteiger partial charge in [0, 0.05) is 18.3 Å². The van der Waals surface area contributed by atoms with E-state index in [1.807, 2.05) is 31.2 Å². The Balaban J connectivity index is 2.41. The van der Waals surface area contributed by atoms with E-state index < -0.39 is 0 Å². The summed E-state index contributed by atoms with van der Waals surface area (Å²) < 4.78 is 5.67. The predicted molar refractivity (Wildman–Crippen MR) is 78.6 cm³/mol. The van der Waals surface area contributed by atoms with Crippen LogP contribution in [0.5, 0.6) is 5.75 Å². The molecule has 0 spiro atoms. The Labute approximate surface area is 115 Å². The van der Waals surface area contributed by atoms with E-state index in [4.69, 9.17) is 4.74 Å². The van der Waals surface area contributed by atoms with Crippen LogP contribution in [0.2, 0.25) is 0 Å². The maximum atomic E-state index is 11.3. The molecule has 1 amide bonds. The molecule has 4 nitrogen and oxygen atoms in total. The number of carbonyl (C=O) groups is 1. The van der Waals surface area contributed by atoms with Crippen LogP contribution in [0.25, 0.3) is 0 Å². The van der Waals surface area contributed by atoms with Crippen molar-refractivity contribution < 1.29 is 9.53 Å². The molecule has 1 aromatic rings. The van der Waals surface area contributed by atoms with Gasteiger partial charge in [0.1, 0.15) is 5.75 Å². The summed E-state index contributed by atoms with van der Waals surface area (Å²) in [5, 5.41) is 5.82. The zero-order chi connectivity index (χ0) is 14.1. The number of anilines is 1. The fraction of sp³-hybridized carbons (Fsp3) is 0.533. The standard InChI is InChI=1S/C15H24N2O2/c1-4-16-15(18)11-17-13-6-5-7-14(10-13)19-9-8-12(2)3/h5-7,10,12,17H,4,8-9,11H2,1-3H3,(H,16,18). The molecule has 106 valence electrons. The quantitative estimate of drug-likeness (QED) is 0.759. The van der Waals surface area contributed by atoms with Gasteiger partial charge in [0.25, 0.3) is 0 Å². The highest BCUT2D eigenvalue weighted by Gasteiger charge is 2.01. The number of hydrogen-bond acceptors (Lipinski definition) is 3. The summed E-state index contributed by atoms with van der Waals surface area (Å²) in [6.45, 7) is 7.90. The van der Waals surface area contributed by atoms with E-state index in [2.05, 4.69) is 24.5 Å². The fourth-order valence-electron chi connectivity index (χ4n) is 1.55. The summed E-state index contributed by atoms with van der Waals surface area (Å²) in [4.78, 5) is 11.3. The molecule has 0 aromatic heterocycles. The van der Waals surface area contributed by atoms with Crippen molar-refractivity contribution in [2.45, 2.75) is 27.2 Å². The van der Waals surface area contributed by atoms with Gasteiger partial charge in [0.05, 0.1) is 13.2 Å². The topological polar surface area (TPSA) is 50.4 Å². The van der Waals surface area contributed by atoms with E-state index in [-0.39, 0.29) is 12.5 Å². The van der Waals surface area contributed by atoms with Crippen LogP contribution < -0.4 is 15.4 Å². The van der Waals surface area contributed by atoms with Crippen molar-refractivity contribution in [2.24, 2.45) is 5.92 Å². The highest BCUT2D eigenvalue weighted by atomic mass is 16.5. The number of ether oxygens (including phenoxy) is 1. The van der Waals surface area contributed by atoms with Gasteiger partial charge in [-0.15, -0.1) is 0 Å². The minimum atomic E-state index is -0.00590. The van der Waals surface area contributed by atoms with Crippen LogP contribution in [0.15, 0.2) is 24.3 Å². The lowest BCUT2D eigenvalue weighted by molar-refractivity contribution is -0.119. The second-order valence-corrected chi connectivity index (χ2v) is 4.87. The fourth-order valence-corrected chi connectivity index (χ4v) is 1.55. The second-order valence-electron chi connectivity index (χ2n) is 4.87. The van der Waals surface area contributed by atoms with Gasteiger partial charge in [-0.2, -0.15) is 0 Å². The Morgan fingerprint density at radius 2 is 2.16 bits per heavy atom. The molecule has 0 fully saturated rings. The third-order valence-electron chi connectivity index (χ3n) is 2.62. The summed E-state index contributed by atoms with van der Waals surface area (Å²) in [5.74, 6) is 1.47. The Hall–Kier alpha value is -1.71. The van der Waals surface area contributed by atoms with Gasteiger partial charge >= 0.3 is 0 Å². The summed E-state index contributed by atoms with van der Waals surface area (Å²) in [6, 6.07) is 7.69. The van der Waals surface area contributed by atoms with Crippen molar-refractivity contribution in [2.75, 3.05) is 25.0 Å². The van der Waals surface area contributed by atoms with Crippen molar-refractivity contribution in [1.82, 2.24) is 5.32 Å². The summed E-state index contributed by atoms with van der Waals surface area (Å²) in [6.07, 6.45) is 1.04. The molecular weight excluding hydrogens is 240 g/mol. The van der Waals surface area contributed by atoms with E-state index in [0.29, 0.717) is 12.5 Å². The number of rotatable bonds is 8. The van der Waals surface area contributed by atoms with Gasteiger partial charge in [-0.1, -0.05) is 19.9 Å². The van der Waals surface area contributed by atoms with Gasteiger partial charge in [-0.05, 0) is 31.4 Å². The lowest BCUT2D eigenvalue weighted by atomic mass is 10.1. The molecule has 0 saturated heterocycles. The van der Waals surface area contributed by atoms with E-state index in [9.17, 15) is 4.79 Å². The molecule has 0 radical (unpaired) electrons. The molecule has 0 unspecified atom stereocenters. The normalized spacial score (nSPS) is 10.3. The van der Waals surface area contributed by atoms with Crippen molar-refractivity contribution in [1.29, 1.82) is 0 Å². The molecule has 1 rings (SSSR count). The average Bonchev–Trinajstić information content (AvgIpc) is 2.37. The van der Waals surface area contributed by atoms with Crippen LogP contribution in [0.1, 0.15) is 27.2 Å². The van der Waals surface area contributed by atoms with Gasteiger partial charge in [-0.3, -0.25) is 4.79 Å². The van der Waals surface area contributed by atoms with Crippen LogP contribution in [0, 0.1) is 5.92 Å². The van der Waals surface area contributed by atoms with Gasteiger partial charge in [0.2, 0.25) is 5.91 Å². The van der Waals surface area contributed by atoms with Gasteiger partial charge < -0.3 is 15.4 Å². The molecule has 0 heterocycles. The number of amides is 1. The van der Waals surface area contributed by atoms with E-state index >= 15 is 0 Å². The Morgan fingerprint density at radius 1 is 1.37 bits per heavy atom. The van der Waals surface area contributed by atoms with Gasteiger partial charge in [0.15, 0.2) is 0 Å². The molecule has 0 bridgehead atoms. The monoisotopic (exact) mass is 264 g/mol. The Kier molecular flexibility index (Phi) is 6.79. The highest BCUT2D eigenvalue weighted by molar-refractivity contribution is 5.80. The number of nitrogens with one attached hydrogen (secondary N) is 2. The number of likely N-dealkylation sites (N-methyl/N-ethyl adjacent to an activating group) is 1. The molecule has 0 aliphatic rings. The molecule has 0 saturated carbocycles. The molecule has 0 atom stereocenters. The van der Waals surface area contributed by atoms with Crippen molar-refractivity contribution in [3.63, 3.8) is 0 Å². The first-order valence-electron chi connectivity index (χ1n) is 6.85. The second kappa shape index (κ2) is 8.40. The molecule has 0 aliphatic heterocycles. The highest BCUT2D eigenvalue weighted by Crippen LogP contribution is 2.17. The lowest BCUT2D eigenvalue weighted by Gasteiger charge is -2.10. The largest absolute Gasteiger partial charge is 0.494 e. The first kappa shape index (κ1) is 15.3.